The van der Waals surface area contributed by atoms with Gasteiger partial charge in [0.2, 0.25) is 5.91 Å². The first kappa shape index (κ1) is 13.7. The van der Waals surface area contributed by atoms with Crippen LogP contribution in [0.3, 0.4) is 0 Å². The van der Waals surface area contributed by atoms with Gasteiger partial charge < -0.3 is 15.5 Å². The first-order valence-electron chi connectivity index (χ1n) is 6.01. The fraction of sp³-hybridized carbons (Fsp3) is 0.909. The summed E-state index contributed by atoms with van der Waals surface area (Å²) in [5, 5.41) is 0. The van der Waals surface area contributed by atoms with Crippen molar-refractivity contribution in [2.75, 3.05) is 32.7 Å². The van der Waals surface area contributed by atoms with Gasteiger partial charge in [-0.2, -0.15) is 0 Å². The number of piperidine rings is 1. The number of hydrogen-bond donors (Lipinski definition) is 1. The lowest BCUT2D eigenvalue weighted by Crippen LogP contribution is -2.45. The van der Waals surface area contributed by atoms with Crippen molar-refractivity contribution < 1.29 is 4.79 Å². The van der Waals surface area contributed by atoms with Gasteiger partial charge in [0.1, 0.15) is 0 Å². The van der Waals surface area contributed by atoms with Crippen LogP contribution in [-0.4, -0.2) is 54.5 Å². The Hall–Kier alpha value is -0.320. The van der Waals surface area contributed by atoms with E-state index in [1.54, 1.807) is 0 Å². The topological polar surface area (TPSA) is 49.6 Å². The summed E-state index contributed by atoms with van der Waals surface area (Å²) in [6.45, 7) is 5.00. The number of rotatable bonds is 3. The van der Waals surface area contributed by atoms with Gasteiger partial charge in [0.25, 0.3) is 0 Å². The minimum absolute atomic E-state index is 0. The zero-order valence-corrected chi connectivity index (χ0v) is 10.5. The molecular weight excluding hydrogens is 226 g/mol. The summed E-state index contributed by atoms with van der Waals surface area (Å²) in [7, 11) is 0. The van der Waals surface area contributed by atoms with Crippen LogP contribution in [0, 0.1) is 0 Å². The monoisotopic (exact) mass is 247 g/mol. The molecule has 2 fully saturated rings. The molecule has 2 N–H and O–H groups in total. The first-order valence-corrected chi connectivity index (χ1v) is 6.01. The maximum Gasteiger partial charge on any atom is 0.222 e. The molecule has 94 valence electrons. The molecule has 1 atom stereocenters. The van der Waals surface area contributed by atoms with Crippen LogP contribution in [-0.2, 0) is 4.79 Å². The molecule has 0 radical (unpaired) electrons. The highest BCUT2D eigenvalue weighted by atomic mass is 35.5. The minimum atomic E-state index is 0. The van der Waals surface area contributed by atoms with Crippen molar-refractivity contribution >= 4 is 18.3 Å². The molecule has 2 heterocycles. The molecule has 1 unspecified atom stereocenters. The van der Waals surface area contributed by atoms with Crippen LogP contribution in [0.4, 0.5) is 0 Å². The molecule has 0 aliphatic carbocycles. The highest BCUT2D eigenvalue weighted by molar-refractivity contribution is 5.85. The van der Waals surface area contributed by atoms with Gasteiger partial charge in [-0.25, -0.2) is 0 Å². The summed E-state index contributed by atoms with van der Waals surface area (Å²) in [4.78, 5) is 15.8. The Morgan fingerprint density at radius 3 is 2.69 bits per heavy atom. The van der Waals surface area contributed by atoms with E-state index in [4.69, 9.17) is 5.73 Å². The van der Waals surface area contributed by atoms with Crippen molar-refractivity contribution in [3.8, 4) is 0 Å². The molecule has 2 aliphatic heterocycles. The molecule has 2 aliphatic rings. The summed E-state index contributed by atoms with van der Waals surface area (Å²) in [6.07, 6.45) is 4.14. The zero-order valence-electron chi connectivity index (χ0n) is 9.73. The molecule has 2 rings (SSSR count). The summed E-state index contributed by atoms with van der Waals surface area (Å²) >= 11 is 0. The van der Waals surface area contributed by atoms with Crippen LogP contribution in [0.25, 0.3) is 0 Å². The lowest BCUT2D eigenvalue weighted by Gasteiger charge is -2.31. The van der Waals surface area contributed by atoms with Crippen molar-refractivity contribution in [3.05, 3.63) is 0 Å². The highest BCUT2D eigenvalue weighted by Crippen LogP contribution is 2.11. The second-order valence-corrected chi connectivity index (χ2v) is 4.69. The number of carbonyl (C=O) groups excluding carboxylic acids is 1. The summed E-state index contributed by atoms with van der Waals surface area (Å²) in [5.74, 6) is 0.330. The third-order valence-corrected chi connectivity index (χ3v) is 3.40. The standard InChI is InChI=1S/C11H21N3O.ClH/c12-10-3-1-5-13(9-10)7-8-14-6-2-4-11(14)15;/h10H,1-9,12H2;1H. The predicted molar refractivity (Wildman–Crippen MR) is 66.7 cm³/mol. The van der Waals surface area contributed by atoms with Crippen LogP contribution in [0.2, 0.25) is 0 Å². The lowest BCUT2D eigenvalue weighted by atomic mass is 10.1. The van der Waals surface area contributed by atoms with E-state index >= 15 is 0 Å². The molecule has 0 bridgehead atoms. The molecule has 0 aromatic rings. The Bertz CT molecular complexity index is 237. The van der Waals surface area contributed by atoms with E-state index in [0.29, 0.717) is 11.9 Å². The number of carbonyl (C=O) groups is 1. The maximum atomic E-state index is 11.4. The summed E-state index contributed by atoms with van der Waals surface area (Å²) in [5.41, 5.74) is 5.91. The molecule has 5 heteroatoms. The summed E-state index contributed by atoms with van der Waals surface area (Å²) in [6, 6.07) is 0.341. The minimum Gasteiger partial charge on any atom is -0.341 e. The quantitative estimate of drug-likeness (QED) is 0.788. The van der Waals surface area contributed by atoms with Crippen molar-refractivity contribution in [1.29, 1.82) is 0 Å². The van der Waals surface area contributed by atoms with Crippen molar-refractivity contribution in [2.24, 2.45) is 5.73 Å². The molecule has 0 aromatic carbocycles. The number of amides is 1. The average Bonchev–Trinajstić information content (AvgIpc) is 2.61. The zero-order chi connectivity index (χ0) is 10.7. The van der Waals surface area contributed by atoms with E-state index in [0.717, 1.165) is 52.0 Å². The molecule has 0 saturated carbocycles. The Morgan fingerprint density at radius 1 is 1.25 bits per heavy atom. The Morgan fingerprint density at radius 2 is 2.06 bits per heavy atom. The lowest BCUT2D eigenvalue weighted by molar-refractivity contribution is -0.127. The van der Waals surface area contributed by atoms with Crippen molar-refractivity contribution in [2.45, 2.75) is 31.7 Å². The van der Waals surface area contributed by atoms with Crippen molar-refractivity contribution in [3.63, 3.8) is 0 Å². The van der Waals surface area contributed by atoms with Gasteiger partial charge >= 0.3 is 0 Å². The van der Waals surface area contributed by atoms with Crippen LogP contribution >= 0.6 is 12.4 Å². The van der Waals surface area contributed by atoms with E-state index in [1.165, 1.54) is 6.42 Å². The highest BCUT2D eigenvalue weighted by Gasteiger charge is 2.22. The fourth-order valence-corrected chi connectivity index (χ4v) is 2.50. The summed E-state index contributed by atoms with van der Waals surface area (Å²) < 4.78 is 0. The SMILES string of the molecule is Cl.NC1CCCN(CCN2CCCC2=O)C1. The van der Waals surface area contributed by atoms with E-state index < -0.39 is 0 Å². The maximum absolute atomic E-state index is 11.4. The van der Waals surface area contributed by atoms with Crippen LogP contribution in [0.15, 0.2) is 0 Å². The number of likely N-dealkylation sites (tertiary alicyclic amines) is 2. The number of nitrogens with two attached hydrogens (primary N) is 1. The average molecular weight is 248 g/mol. The predicted octanol–water partition coefficient (Wildman–Crippen LogP) is 0.454. The molecule has 2 saturated heterocycles. The van der Waals surface area contributed by atoms with Crippen molar-refractivity contribution in [1.82, 2.24) is 9.80 Å². The van der Waals surface area contributed by atoms with Crippen LogP contribution in [0.5, 0.6) is 0 Å². The largest absolute Gasteiger partial charge is 0.341 e. The normalized spacial score (nSPS) is 26.9. The molecule has 16 heavy (non-hydrogen) atoms. The van der Waals surface area contributed by atoms with Crippen LogP contribution < -0.4 is 5.73 Å². The Balaban J connectivity index is 0.00000128. The third kappa shape index (κ3) is 3.61. The number of nitrogens with zero attached hydrogens (tertiary/aromatic N) is 2. The second-order valence-electron chi connectivity index (χ2n) is 4.69. The third-order valence-electron chi connectivity index (χ3n) is 3.40. The fourth-order valence-electron chi connectivity index (χ4n) is 2.50. The van der Waals surface area contributed by atoms with Gasteiger partial charge in [-0.1, -0.05) is 0 Å². The Labute approximate surface area is 104 Å². The molecular formula is C11H22ClN3O. The molecule has 0 spiro atoms. The van der Waals surface area contributed by atoms with Gasteiger partial charge in [-0.15, -0.1) is 12.4 Å². The van der Waals surface area contributed by atoms with E-state index in [1.807, 2.05) is 4.90 Å². The van der Waals surface area contributed by atoms with Crippen LogP contribution in [0.1, 0.15) is 25.7 Å². The Kier molecular flexibility index (Phi) is 5.52. The van der Waals surface area contributed by atoms with E-state index in [-0.39, 0.29) is 12.4 Å². The van der Waals surface area contributed by atoms with Gasteiger partial charge in [-0.05, 0) is 25.8 Å². The van der Waals surface area contributed by atoms with E-state index in [2.05, 4.69) is 4.90 Å². The number of halogens is 1. The molecule has 4 nitrogen and oxygen atoms in total. The molecule has 1 amide bonds. The van der Waals surface area contributed by atoms with Gasteiger partial charge in [0, 0.05) is 38.6 Å². The second kappa shape index (κ2) is 6.42. The van der Waals surface area contributed by atoms with Gasteiger partial charge in [0.05, 0.1) is 0 Å². The first-order chi connectivity index (χ1) is 7.25. The van der Waals surface area contributed by atoms with E-state index in [9.17, 15) is 4.79 Å². The molecule has 0 aromatic heterocycles. The van der Waals surface area contributed by atoms with Gasteiger partial charge in [0.15, 0.2) is 0 Å². The smallest absolute Gasteiger partial charge is 0.222 e. The number of hydrogen-bond acceptors (Lipinski definition) is 3. The van der Waals surface area contributed by atoms with Gasteiger partial charge in [-0.3, -0.25) is 4.79 Å².